The van der Waals surface area contributed by atoms with Crippen LogP contribution in [-0.2, 0) is 11.2 Å². The van der Waals surface area contributed by atoms with Gasteiger partial charge in [-0.15, -0.1) is 0 Å². The minimum Gasteiger partial charge on any atom is -0.507 e. The molecular formula is C20H26N2O3. The number of aliphatic hydroxyl groups excluding tert-OH is 1. The molecule has 0 spiro atoms. The Morgan fingerprint density at radius 1 is 1.20 bits per heavy atom. The molecule has 5 heteroatoms. The van der Waals surface area contributed by atoms with Gasteiger partial charge in [-0.2, -0.15) is 0 Å². The van der Waals surface area contributed by atoms with Gasteiger partial charge in [0.25, 0.3) is 0 Å². The number of rotatable bonds is 8. The summed E-state index contributed by atoms with van der Waals surface area (Å²) >= 11 is 0. The van der Waals surface area contributed by atoms with E-state index in [2.05, 4.69) is 24.4 Å². The molecule has 134 valence electrons. The predicted octanol–water partition coefficient (Wildman–Crippen LogP) is 3.01. The second-order valence-electron chi connectivity index (χ2n) is 6.16. The van der Waals surface area contributed by atoms with E-state index in [-0.39, 0.29) is 23.3 Å². The average Bonchev–Trinajstić information content (AvgIpc) is 2.65. The number of hydrogen-bond donors (Lipinski definition) is 4. The minimum atomic E-state index is -0.719. The smallest absolute Gasteiger partial charge is 0.216 e. The number of ether oxygens (including phenoxy) is 1. The summed E-state index contributed by atoms with van der Waals surface area (Å²) < 4.78 is 4.85. The number of aromatic hydroxyl groups is 1. The Balaban J connectivity index is 1.87. The van der Waals surface area contributed by atoms with Crippen molar-refractivity contribution in [1.29, 1.82) is 5.41 Å². The standard InChI is InChI=1S/C20H26N2O3/c1-14(8-9-15-6-4-3-5-7-15)22-13-19(24)16-10-11-18(23)17(12-16)20(21)25-2/h3-7,10-12,14,19,21-24H,8-9,13H2,1-2H3. The molecule has 5 nitrogen and oxygen atoms in total. The summed E-state index contributed by atoms with van der Waals surface area (Å²) in [5.41, 5.74) is 2.21. The van der Waals surface area contributed by atoms with E-state index in [1.54, 1.807) is 12.1 Å². The quantitative estimate of drug-likeness (QED) is 0.439. The van der Waals surface area contributed by atoms with Gasteiger partial charge in [0, 0.05) is 12.6 Å². The van der Waals surface area contributed by atoms with Crippen LogP contribution in [0.4, 0.5) is 0 Å². The van der Waals surface area contributed by atoms with Crippen molar-refractivity contribution in [3.8, 4) is 5.75 Å². The summed E-state index contributed by atoms with van der Waals surface area (Å²) in [4.78, 5) is 0. The maximum atomic E-state index is 10.4. The summed E-state index contributed by atoms with van der Waals surface area (Å²) in [7, 11) is 1.38. The van der Waals surface area contributed by atoms with E-state index in [1.807, 2.05) is 18.2 Å². The fraction of sp³-hybridized carbons (Fsp3) is 0.350. The average molecular weight is 342 g/mol. The molecule has 0 saturated heterocycles. The Labute approximate surface area is 148 Å². The van der Waals surface area contributed by atoms with Gasteiger partial charge in [-0.05, 0) is 43.0 Å². The number of benzene rings is 2. The first kappa shape index (κ1) is 19.0. The van der Waals surface area contributed by atoms with Crippen molar-refractivity contribution in [2.45, 2.75) is 31.9 Å². The van der Waals surface area contributed by atoms with Crippen LogP contribution in [0.15, 0.2) is 48.5 Å². The molecule has 2 aromatic rings. The van der Waals surface area contributed by atoms with Crippen molar-refractivity contribution in [2.24, 2.45) is 0 Å². The fourth-order valence-electron chi connectivity index (χ4n) is 2.61. The molecule has 0 aliphatic heterocycles. The molecule has 25 heavy (non-hydrogen) atoms. The van der Waals surface area contributed by atoms with Crippen LogP contribution in [0.1, 0.15) is 36.1 Å². The maximum absolute atomic E-state index is 10.4. The van der Waals surface area contributed by atoms with Crippen molar-refractivity contribution in [3.05, 3.63) is 65.2 Å². The first-order chi connectivity index (χ1) is 12.0. The number of hydrogen-bond acceptors (Lipinski definition) is 5. The van der Waals surface area contributed by atoms with Gasteiger partial charge < -0.3 is 20.3 Å². The lowest BCUT2D eigenvalue weighted by Crippen LogP contribution is -2.30. The number of aliphatic hydroxyl groups is 1. The Morgan fingerprint density at radius 3 is 2.60 bits per heavy atom. The molecule has 4 N–H and O–H groups in total. The van der Waals surface area contributed by atoms with E-state index >= 15 is 0 Å². The third kappa shape index (κ3) is 5.59. The van der Waals surface area contributed by atoms with Crippen LogP contribution in [-0.4, -0.2) is 35.8 Å². The molecule has 0 fully saturated rings. The molecule has 0 radical (unpaired) electrons. The Bertz CT molecular complexity index is 689. The summed E-state index contributed by atoms with van der Waals surface area (Å²) in [5.74, 6) is -0.164. The van der Waals surface area contributed by atoms with Gasteiger partial charge >= 0.3 is 0 Å². The highest BCUT2D eigenvalue weighted by molar-refractivity contribution is 5.94. The second kappa shape index (κ2) is 9.20. The topological polar surface area (TPSA) is 85.6 Å². The van der Waals surface area contributed by atoms with Crippen LogP contribution in [0.25, 0.3) is 0 Å². The van der Waals surface area contributed by atoms with Crippen LogP contribution in [0.3, 0.4) is 0 Å². The maximum Gasteiger partial charge on any atom is 0.216 e. The zero-order valence-corrected chi connectivity index (χ0v) is 14.7. The Kier molecular flexibility index (Phi) is 6.98. The normalized spacial score (nSPS) is 13.2. The van der Waals surface area contributed by atoms with E-state index in [4.69, 9.17) is 10.1 Å². The van der Waals surface area contributed by atoms with Gasteiger partial charge in [0.05, 0.1) is 18.8 Å². The third-order valence-electron chi connectivity index (χ3n) is 4.22. The van der Waals surface area contributed by atoms with Crippen molar-refractivity contribution in [3.63, 3.8) is 0 Å². The molecule has 0 aromatic heterocycles. The molecule has 2 atom stereocenters. The number of phenolic OH excluding ortho intramolecular Hbond substituents is 1. The number of phenols is 1. The number of aryl methyl sites for hydroxylation is 1. The lowest BCUT2D eigenvalue weighted by molar-refractivity contribution is 0.170. The van der Waals surface area contributed by atoms with E-state index < -0.39 is 6.10 Å². The lowest BCUT2D eigenvalue weighted by Gasteiger charge is -2.18. The van der Waals surface area contributed by atoms with Crippen LogP contribution < -0.4 is 5.32 Å². The molecule has 2 unspecified atom stereocenters. The van der Waals surface area contributed by atoms with Crippen LogP contribution in [0.2, 0.25) is 0 Å². The molecule has 0 heterocycles. The summed E-state index contributed by atoms with van der Waals surface area (Å²) in [6.07, 6.45) is 1.24. The second-order valence-corrected chi connectivity index (χ2v) is 6.16. The van der Waals surface area contributed by atoms with Gasteiger partial charge in [0.1, 0.15) is 5.75 Å². The molecular weight excluding hydrogens is 316 g/mol. The van der Waals surface area contributed by atoms with E-state index in [0.717, 1.165) is 12.8 Å². The largest absolute Gasteiger partial charge is 0.507 e. The molecule has 0 aliphatic carbocycles. The molecule has 0 aliphatic rings. The van der Waals surface area contributed by atoms with E-state index in [9.17, 15) is 10.2 Å². The first-order valence-corrected chi connectivity index (χ1v) is 8.42. The molecule has 0 amide bonds. The Morgan fingerprint density at radius 2 is 1.92 bits per heavy atom. The van der Waals surface area contributed by atoms with Crippen LogP contribution in [0, 0.1) is 5.41 Å². The van der Waals surface area contributed by atoms with E-state index in [1.165, 1.54) is 18.7 Å². The summed E-state index contributed by atoms with van der Waals surface area (Å²) in [6, 6.07) is 15.3. The summed E-state index contributed by atoms with van der Waals surface area (Å²) in [6.45, 7) is 2.50. The zero-order chi connectivity index (χ0) is 18.2. The Hall–Kier alpha value is -2.37. The van der Waals surface area contributed by atoms with Gasteiger partial charge in [-0.1, -0.05) is 36.4 Å². The van der Waals surface area contributed by atoms with Gasteiger partial charge in [0.2, 0.25) is 5.90 Å². The third-order valence-corrected chi connectivity index (χ3v) is 4.22. The van der Waals surface area contributed by atoms with E-state index in [0.29, 0.717) is 12.1 Å². The highest BCUT2D eigenvalue weighted by atomic mass is 16.5. The van der Waals surface area contributed by atoms with Gasteiger partial charge in [0.15, 0.2) is 0 Å². The zero-order valence-electron chi connectivity index (χ0n) is 14.7. The van der Waals surface area contributed by atoms with Gasteiger partial charge in [-0.3, -0.25) is 5.41 Å². The van der Waals surface area contributed by atoms with Crippen molar-refractivity contribution < 1.29 is 14.9 Å². The number of methoxy groups -OCH3 is 1. The lowest BCUT2D eigenvalue weighted by atomic mass is 10.0. The molecule has 0 bridgehead atoms. The molecule has 2 aromatic carbocycles. The molecule has 2 rings (SSSR count). The monoisotopic (exact) mass is 342 g/mol. The van der Waals surface area contributed by atoms with Crippen molar-refractivity contribution in [1.82, 2.24) is 5.32 Å². The number of nitrogens with one attached hydrogen (secondary N) is 2. The van der Waals surface area contributed by atoms with Crippen LogP contribution >= 0.6 is 0 Å². The summed E-state index contributed by atoms with van der Waals surface area (Å²) in [5, 5.41) is 31.2. The van der Waals surface area contributed by atoms with Gasteiger partial charge in [-0.25, -0.2) is 0 Å². The fourth-order valence-corrected chi connectivity index (χ4v) is 2.61. The predicted molar refractivity (Wildman–Crippen MR) is 99.1 cm³/mol. The highest BCUT2D eigenvalue weighted by Gasteiger charge is 2.14. The van der Waals surface area contributed by atoms with Crippen molar-refractivity contribution >= 4 is 5.90 Å². The SMILES string of the molecule is COC(=N)c1cc(C(O)CNC(C)CCc2ccccc2)ccc1O. The van der Waals surface area contributed by atoms with Crippen LogP contribution in [0.5, 0.6) is 5.75 Å². The van der Waals surface area contributed by atoms with Crippen molar-refractivity contribution in [2.75, 3.05) is 13.7 Å². The minimum absolute atomic E-state index is 0.0352. The highest BCUT2D eigenvalue weighted by Crippen LogP contribution is 2.23. The first-order valence-electron chi connectivity index (χ1n) is 8.42. The molecule has 0 saturated carbocycles.